The molecular weight excluding hydrogens is 462 g/mol. The van der Waals surface area contributed by atoms with Crippen molar-refractivity contribution >= 4 is 35.1 Å². The van der Waals surface area contributed by atoms with Crippen LogP contribution in [0.3, 0.4) is 0 Å². The first-order valence-corrected chi connectivity index (χ1v) is 11.9. The number of anilines is 1. The van der Waals surface area contributed by atoms with E-state index in [0.717, 1.165) is 12.3 Å². The summed E-state index contributed by atoms with van der Waals surface area (Å²) in [6.07, 6.45) is -2.75. The highest BCUT2D eigenvalue weighted by Gasteiger charge is 2.36. The largest absolute Gasteiger partial charge is 0.419 e. The molecule has 2 aromatic carbocycles. The second-order valence-electron chi connectivity index (χ2n) is 6.65. The molecule has 0 atom stereocenters. The first-order chi connectivity index (χ1) is 14.9. The highest BCUT2D eigenvalue weighted by Crippen LogP contribution is 2.27. The standard InChI is InChI=1S/C21H21F3N3O3PS/c1-4-19(21(22,23)24)20(25-13-15-6-5-7-18(12-15)32(3,29)30)27-14(2)26-16-8-10-17(31-28)11-9-16/h4-12,26H,2,13H2,1,3H3,(H,25,27)/b19-4+. The topological polar surface area (TPSA) is 87.6 Å². The molecule has 0 aromatic heterocycles. The monoisotopic (exact) mass is 483 g/mol. The highest BCUT2D eigenvalue weighted by atomic mass is 32.2. The van der Waals surface area contributed by atoms with Gasteiger partial charge in [-0.2, -0.15) is 13.2 Å². The van der Waals surface area contributed by atoms with E-state index in [9.17, 15) is 26.2 Å². The molecule has 0 radical (unpaired) electrons. The predicted octanol–water partition coefficient (Wildman–Crippen LogP) is 4.59. The first-order valence-electron chi connectivity index (χ1n) is 9.17. The average molecular weight is 483 g/mol. The van der Waals surface area contributed by atoms with Crippen molar-refractivity contribution in [3.05, 3.63) is 78.1 Å². The molecule has 0 bridgehead atoms. The molecule has 0 saturated heterocycles. The first kappa shape index (κ1) is 25.3. The van der Waals surface area contributed by atoms with Crippen LogP contribution in [0.5, 0.6) is 0 Å². The lowest BCUT2D eigenvalue weighted by atomic mass is 10.2. The fourth-order valence-corrected chi connectivity index (χ4v) is 3.59. The Morgan fingerprint density at radius 3 is 2.38 bits per heavy atom. The van der Waals surface area contributed by atoms with Gasteiger partial charge in [0.05, 0.1) is 17.0 Å². The van der Waals surface area contributed by atoms with Crippen molar-refractivity contribution in [1.29, 1.82) is 0 Å². The number of nitrogens with zero attached hydrogens (tertiary/aromatic N) is 1. The number of hydrogen-bond acceptors (Lipinski definition) is 5. The van der Waals surface area contributed by atoms with E-state index in [-0.39, 0.29) is 25.7 Å². The molecule has 0 saturated carbocycles. The SMILES string of the molecule is C=C(NC(=NCc1cccc(S(C)(=O)=O)c1)/C(=C\C)C(F)(F)F)Nc1ccc(P=O)cc1. The maximum atomic E-state index is 13.5. The Bertz CT molecular complexity index is 1160. The summed E-state index contributed by atoms with van der Waals surface area (Å²) in [4.78, 5) is 4.09. The van der Waals surface area contributed by atoms with E-state index in [1.54, 1.807) is 30.3 Å². The quantitative estimate of drug-likeness (QED) is 0.326. The summed E-state index contributed by atoms with van der Waals surface area (Å²) >= 11 is 0. The minimum Gasteiger partial charge on any atom is -0.342 e. The molecule has 0 spiro atoms. The van der Waals surface area contributed by atoms with Gasteiger partial charge < -0.3 is 10.6 Å². The van der Waals surface area contributed by atoms with E-state index in [1.165, 1.54) is 25.1 Å². The third-order valence-electron chi connectivity index (χ3n) is 4.13. The summed E-state index contributed by atoms with van der Waals surface area (Å²) in [5, 5.41) is 5.90. The lowest BCUT2D eigenvalue weighted by molar-refractivity contribution is -0.0864. The van der Waals surface area contributed by atoms with Gasteiger partial charge in [0.15, 0.2) is 18.3 Å². The summed E-state index contributed by atoms with van der Waals surface area (Å²) in [7, 11) is -3.61. The van der Waals surface area contributed by atoms with Crippen LogP contribution in [0.25, 0.3) is 0 Å². The second kappa shape index (κ2) is 10.6. The number of rotatable bonds is 8. The molecule has 0 aliphatic rings. The number of halogens is 3. The Hall–Kier alpha value is -2.97. The number of sulfone groups is 1. The van der Waals surface area contributed by atoms with Gasteiger partial charge in [0.1, 0.15) is 11.7 Å². The van der Waals surface area contributed by atoms with Crippen molar-refractivity contribution < 1.29 is 26.2 Å². The van der Waals surface area contributed by atoms with Crippen LogP contribution in [0, 0.1) is 0 Å². The van der Waals surface area contributed by atoms with Crippen molar-refractivity contribution in [3.63, 3.8) is 0 Å². The molecule has 0 amide bonds. The fourth-order valence-electron chi connectivity index (χ4n) is 2.63. The highest BCUT2D eigenvalue weighted by molar-refractivity contribution is 7.90. The molecule has 6 nitrogen and oxygen atoms in total. The molecule has 2 aromatic rings. The van der Waals surface area contributed by atoms with Crippen molar-refractivity contribution in [2.75, 3.05) is 11.6 Å². The van der Waals surface area contributed by atoms with E-state index in [1.807, 2.05) is 0 Å². The number of amidine groups is 1. The van der Waals surface area contributed by atoms with Crippen LogP contribution >= 0.6 is 8.46 Å². The molecular formula is C21H21F3N3O3PS. The summed E-state index contributed by atoms with van der Waals surface area (Å²) in [6, 6.07) is 12.2. The van der Waals surface area contributed by atoms with E-state index in [2.05, 4.69) is 22.2 Å². The summed E-state index contributed by atoms with van der Waals surface area (Å²) in [5.74, 6) is -0.443. The van der Waals surface area contributed by atoms with Crippen LogP contribution in [-0.2, 0) is 20.9 Å². The zero-order chi connectivity index (χ0) is 23.9. The van der Waals surface area contributed by atoms with Gasteiger partial charge in [-0.3, -0.25) is 9.56 Å². The maximum absolute atomic E-state index is 13.5. The number of benzene rings is 2. The van der Waals surface area contributed by atoms with Crippen LogP contribution in [0.4, 0.5) is 18.9 Å². The van der Waals surface area contributed by atoms with E-state index < -0.39 is 27.4 Å². The summed E-state index contributed by atoms with van der Waals surface area (Å²) in [6.45, 7) is 4.74. The van der Waals surface area contributed by atoms with Crippen LogP contribution < -0.4 is 15.9 Å². The molecule has 2 rings (SSSR count). The van der Waals surface area contributed by atoms with E-state index in [4.69, 9.17) is 0 Å². The molecule has 170 valence electrons. The third-order valence-corrected chi connectivity index (χ3v) is 5.75. The Morgan fingerprint density at radius 2 is 1.84 bits per heavy atom. The zero-order valence-electron chi connectivity index (χ0n) is 17.3. The Labute approximate surface area is 186 Å². The number of nitrogens with one attached hydrogen (secondary N) is 2. The van der Waals surface area contributed by atoms with Crippen LogP contribution in [0.2, 0.25) is 0 Å². The van der Waals surface area contributed by atoms with Crippen LogP contribution in [0.15, 0.2) is 82.5 Å². The predicted molar refractivity (Wildman–Crippen MR) is 120 cm³/mol. The van der Waals surface area contributed by atoms with E-state index in [0.29, 0.717) is 16.6 Å². The van der Waals surface area contributed by atoms with Gasteiger partial charge >= 0.3 is 6.18 Å². The molecule has 0 fully saturated rings. The zero-order valence-corrected chi connectivity index (χ0v) is 19.0. The minimum atomic E-state index is -4.68. The van der Waals surface area contributed by atoms with Gasteiger partial charge in [0, 0.05) is 17.2 Å². The van der Waals surface area contributed by atoms with Gasteiger partial charge in [-0.1, -0.05) is 24.8 Å². The molecule has 11 heteroatoms. The fraction of sp³-hybridized carbons (Fsp3) is 0.190. The molecule has 32 heavy (non-hydrogen) atoms. The molecule has 0 heterocycles. The van der Waals surface area contributed by atoms with Crippen molar-refractivity contribution in [1.82, 2.24) is 5.32 Å². The van der Waals surface area contributed by atoms with Crippen LogP contribution in [-0.4, -0.2) is 26.7 Å². The van der Waals surface area contributed by atoms with Gasteiger partial charge in [-0.05, 0) is 48.9 Å². The maximum Gasteiger partial charge on any atom is 0.419 e. The number of allylic oxidation sites excluding steroid dienone is 1. The van der Waals surface area contributed by atoms with Gasteiger partial charge in [0.25, 0.3) is 0 Å². The number of aliphatic imine (C=N–C) groups is 1. The normalized spacial score (nSPS) is 13.2. The minimum absolute atomic E-state index is 0.0321. The lowest BCUT2D eigenvalue weighted by Gasteiger charge is -2.18. The Morgan fingerprint density at radius 1 is 1.19 bits per heavy atom. The van der Waals surface area contributed by atoms with E-state index >= 15 is 0 Å². The lowest BCUT2D eigenvalue weighted by Crippen LogP contribution is -2.33. The number of alkyl halides is 3. The van der Waals surface area contributed by atoms with Gasteiger partial charge in [-0.15, -0.1) is 0 Å². The van der Waals surface area contributed by atoms with Crippen LogP contribution in [0.1, 0.15) is 12.5 Å². The molecule has 0 aliphatic heterocycles. The summed E-state index contributed by atoms with van der Waals surface area (Å²) < 4.78 is 74.9. The Kier molecular flexibility index (Phi) is 8.35. The average Bonchev–Trinajstić information content (AvgIpc) is 2.71. The Balaban J connectivity index is 2.29. The van der Waals surface area contributed by atoms with Crippen molar-refractivity contribution in [2.45, 2.75) is 24.5 Å². The van der Waals surface area contributed by atoms with Crippen molar-refractivity contribution in [3.8, 4) is 0 Å². The van der Waals surface area contributed by atoms with Crippen molar-refractivity contribution in [2.24, 2.45) is 4.99 Å². The number of hydrogen-bond donors (Lipinski definition) is 2. The van der Waals surface area contributed by atoms with Gasteiger partial charge in [-0.25, -0.2) is 8.42 Å². The second-order valence-corrected chi connectivity index (χ2v) is 9.37. The molecule has 0 unspecified atom stereocenters. The van der Waals surface area contributed by atoms with Gasteiger partial charge in [0.2, 0.25) is 0 Å². The smallest absolute Gasteiger partial charge is 0.342 e. The summed E-state index contributed by atoms with van der Waals surface area (Å²) in [5.41, 5.74) is -0.0554. The molecule has 0 aliphatic carbocycles. The molecule has 2 N–H and O–H groups in total. The third kappa shape index (κ3) is 7.32.